The monoisotopic (exact) mass is 523 g/mol. The van der Waals surface area contributed by atoms with Gasteiger partial charge in [0, 0.05) is 0 Å². The van der Waals surface area contributed by atoms with E-state index in [0.717, 1.165) is 21.8 Å². The zero-order chi connectivity index (χ0) is 15.4. The predicted octanol–water partition coefficient (Wildman–Crippen LogP) is 5.05. The number of fused-ring (bicyclic) bond motifs is 3. The van der Waals surface area contributed by atoms with E-state index in [1.807, 2.05) is 30.3 Å². The van der Waals surface area contributed by atoms with E-state index in [2.05, 4.69) is 4.98 Å². The zero-order valence-corrected chi connectivity index (χ0v) is 19.0. The number of halogens is 6. The third-order valence-electron chi connectivity index (χ3n) is 3.25. The Balaban J connectivity index is 2.48. The molecule has 0 fully saturated rings. The number of nitrogens with one attached hydrogen (secondary N) is 1. The molecule has 1 N–H and O–H groups in total. The van der Waals surface area contributed by atoms with E-state index in [1.165, 1.54) is 0 Å². The molecule has 0 spiro atoms. The van der Waals surface area contributed by atoms with Crippen LogP contribution < -0.4 is 8.79 Å². The number of rotatable bonds is 2. The van der Waals surface area contributed by atoms with Crippen molar-refractivity contribution in [3.8, 4) is 0 Å². The van der Waals surface area contributed by atoms with Crippen molar-refractivity contribution < 1.29 is 0 Å². The van der Waals surface area contributed by atoms with Crippen LogP contribution in [0.3, 0.4) is 0 Å². The molecular formula is C12H7Cl6Ge2N. The van der Waals surface area contributed by atoms with Crippen molar-refractivity contribution in [2.75, 3.05) is 0 Å². The minimum absolute atomic E-state index is 0.681. The molecule has 0 radical (unpaired) electrons. The first-order valence-corrected chi connectivity index (χ1v) is 24.5. The quantitative estimate of drug-likeness (QED) is 0.454. The van der Waals surface area contributed by atoms with Gasteiger partial charge in [-0.1, -0.05) is 0 Å². The molecule has 0 unspecified atom stereocenters. The number of H-pyrrole nitrogens is 1. The fourth-order valence-electron chi connectivity index (χ4n) is 2.34. The molecule has 1 aromatic heterocycles. The van der Waals surface area contributed by atoms with Crippen LogP contribution in [-0.4, -0.2) is 25.9 Å². The summed E-state index contributed by atoms with van der Waals surface area (Å²) >= 11 is 0. The minimum atomic E-state index is -3.67. The van der Waals surface area contributed by atoms with Crippen LogP contribution in [0, 0.1) is 0 Å². The summed E-state index contributed by atoms with van der Waals surface area (Å²) in [5, 5.41) is 1.97. The molecular weight excluding hydrogens is 516 g/mol. The maximum atomic E-state index is 6.28. The van der Waals surface area contributed by atoms with E-state index in [9.17, 15) is 0 Å². The molecule has 3 rings (SSSR count). The topological polar surface area (TPSA) is 15.8 Å². The molecule has 0 atom stereocenters. The number of hydrogen-bond donors (Lipinski definition) is 1. The van der Waals surface area contributed by atoms with Crippen LogP contribution in [0.1, 0.15) is 0 Å². The molecule has 1 nitrogen and oxygen atoms in total. The Labute approximate surface area is 151 Å². The standard InChI is InChI=1S/C12H7Cl6Ge2N/c13-19(14,15)7-5-9-8-3-1-2-4-11(8)21-12(9)10(6-7)20(16,17)18/h1-6,21H. The van der Waals surface area contributed by atoms with Crippen molar-refractivity contribution in [2.45, 2.75) is 0 Å². The molecule has 3 aromatic rings. The van der Waals surface area contributed by atoms with Gasteiger partial charge in [0.25, 0.3) is 0 Å². The molecule has 2 aromatic carbocycles. The summed E-state index contributed by atoms with van der Waals surface area (Å²) in [6, 6.07) is 11.5. The SMILES string of the molecule is [Cl][Ge]([Cl])([Cl])[c]1c[c]([Ge]([Cl])([Cl])[Cl])c2[nH]c3ccccc3c2c1. The van der Waals surface area contributed by atoms with E-state index in [1.54, 1.807) is 6.07 Å². The second-order valence-corrected chi connectivity index (χ2v) is 34.8. The maximum absolute atomic E-state index is 6.28. The second-order valence-electron chi connectivity index (χ2n) is 4.61. The molecule has 0 aliphatic rings. The van der Waals surface area contributed by atoms with E-state index in [4.69, 9.17) is 60.1 Å². The van der Waals surface area contributed by atoms with Gasteiger partial charge in [0.1, 0.15) is 0 Å². The summed E-state index contributed by atoms with van der Waals surface area (Å²) in [6.07, 6.45) is 0. The van der Waals surface area contributed by atoms with Gasteiger partial charge in [-0.25, -0.2) is 0 Å². The summed E-state index contributed by atoms with van der Waals surface area (Å²) in [7, 11) is 30.2. The molecule has 0 bridgehead atoms. The molecule has 0 aliphatic heterocycles. The fourth-order valence-corrected chi connectivity index (χ4v) is 9.97. The van der Waals surface area contributed by atoms with Gasteiger partial charge in [0.2, 0.25) is 0 Å². The zero-order valence-electron chi connectivity index (χ0n) is 10.2. The first-order chi connectivity index (χ1) is 9.68. The van der Waals surface area contributed by atoms with Gasteiger partial charge < -0.3 is 0 Å². The third kappa shape index (κ3) is 3.31. The Morgan fingerprint density at radius 3 is 2.05 bits per heavy atom. The van der Waals surface area contributed by atoms with E-state index < -0.39 is 21.0 Å². The van der Waals surface area contributed by atoms with Gasteiger partial charge >= 0.3 is 153 Å². The average molecular weight is 523 g/mol. The number of hydrogen-bond acceptors (Lipinski definition) is 0. The van der Waals surface area contributed by atoms with Crippen LogP contribution in [0.5, 0.6) is 0 Å². The number of aromatic amines is 1. The molecule has 1 heterocycles. The summed E-state index contributed by atoms with van der Waals surface area (Å²) in [5.74, 6) is 0. The fraction of sp³-hybridized carbons (Fsp3) is 0. The van der Waals surface area contributed by atoms with Crippen LogP contribution in [0.15, 0.2) is 36.4 Å². The van der Waals surface area contributed by atoms with Crippen molar-refractivity contribution in [3.63, 3.8) is 0 Å². The molecule has 0 amide bonds. The van der Waals surface area contributed by atoms with Crippen molar-refractivity contribution in [2.24, 2.45) is 0 Å². The summed E-state index contributed by atoms with van der Waals surface area (Å²) < 4.78 is 1.37. The summed E-state index contributed by atoms with van der Waals surface area (Å²) in [5.41, 5.74) is 1.80. The van der Waals surface area contributed by atoms with Crippen molar-refractivity contribution in [3.05, 3.63) is 36.4 Å². The average Bonchev–Trinajstić information content (AvgIpc) is 2.73. The van der Waals surface area contributed by atoms with E-state index >= 15 is 0 Å². The first-order valence-electron chi connectivity index (χ1n) is 5.87. The summed E-state index contributed by atoms with van der Waals surface area (Å²) in [6.45, 7) is 0. The van der Waals surface area contributed by atoms with Gasteiger partial charge in [0.05, 0.1) is 0 Å². The van der Waals surface area contributed by atoms with Crippen LogP contribution in [-0.2, 0) is 0 Å². The van der Waals surface area contributed by atoms with Gasteiger partial charge in [-0.05, 0) is 0 Å². The molecule has 0 saturated carbocycles. The van der Waals surface area contributed by atoms with Crippen molar-refractivity contribution in [1.82, 2.24) is 4.98 Å². The molecule has 0 aliphatic carbocycles. The molecule has 0 saturated heterocycles. The second kappa shape index (κ2) is 5.85. The van der Waals surface area contributed by atoms with Crippen LogP contribution in [0.2, 0.25) is 0 Å². The normalized spacial score (nSPS) is 13.2. The van der Waals surface area contributed by atoms with Crippen molar-refractivity contribution >= 4 is 112 Å². The van der Waals surface area contributed by atoms with Crippen LogP contribution >= 0.6 is 60.1 Å². The van der Waals surface area contributed by atoms with Crippen molar-refractivity contribution in [1.29, 1.82) is 0 Å². The Bertz CT molecular complexity index is 833. The Morgan fingerprint density at radius 2 is 1.43 bits per heavy atom. The predicted molar refractivity (Wildman–Crippen MR) is 102 cm³/mol. The van der Waals surface area contributed by atoms with Crippen LogP contribution in [0.4, 0.5) is 0 Å². The molecule has 9 heteroatoms. The van der Waals surface area contributed by atoms with Gasteiger partial charge in [0.15, 0.2) is 0 Å². The number of para-hydroxylation sites is 1. The molecule has 21 heavy (non-hydrogen) atoms. The Hall–Kier alpha value is 1.07. The number of aromatic nitrogens is 1. The van der Waals surface area contributed by atoms with Gasteiger partial charge in [-0.3, -0.25) is 0 Å². The van der Waals surface area contributed by atoms with Crippen LogP contribution in [0.25, 0.3) is 21.8 Å². The van der Waals surface area contributed by atoms with Gasteiger partial charge in [-0.15, -0.1) is 0 Å². The Morgan fingerprint density at radius 1 is 0.762 bits per heavy atom. The first kappa shape index (κ1) is 16.9. The summed E-state index contributed by atoms with van der Waals surface area (Å²) in [4.78, 5) is 3.32. The van der Waals surface area contributed by atoms with E-state index in [-0.39, 0.29) is 0 Å². The molecule has 110 valence electrons. The van der Waals surface area contributed by atoms with E-state index in [0.29, 0.717) is 8.79 Å². The Kier molecular flexibility index (Phi) is 4.71. The van der Waals surface area contributed by atoms with Gasteiger partial charge in [-0.2, -0.15) is 0 Å². The number of benzene rings is 2. The third-order valence-corrected chi connectivity index (χ3v) is 13.9.